The number of carbonyl (C=O) groups is 3. The lowest BCUT2D eigenvalue weighted by molar-refractivity contribution is -0.151. The van der Waals surface area contributed by atoms with Gasteiger partial charge in [-0.25, -0.2) is 4.79 Å². The van der Waals surface area contributed by atoms with Crippen molar-refractivity contribution in [1.29, 1.82) is 0 Å². The van der Waals surface area contributed by atoms with E-state index in [9.17, 15) is 24.6 Å². The molecule has 0 bridgehead atoms. The van der Waals surface area contributed by atoms with Crippen LogP contribution in [0.5, 0.6) is 0 Å². The molecule has 1 saturated carbocycles. The highest BCUT2D eigenvalue weighted by atomic mass is 16.6. The van der Waals surface area contributed by atoms with Gasteiger partial charge in [-0.2, -0.15) is 0 Å². The van der Waals surface area contributed by atoms with Crippen molar-refractivity contribution < 1.29 is 38.8 Å². The minimum absolute atomic E-state index is 0.134. The molecule has 1 unspecified atom stereocenters. The molecule has 1 aliphatic carbocycles. The Morgan fingerprint density at radius 3 is 2.43 bits per heavy atom. The van der Waals surface area contributed by atoms with E-state index in [1.165, 1.54) is 45.6 Å². The summed E-state index contributed by atoms with van der Waals surface area (Å²) in [5.41, 5.74) is -0.665. The predicted molar refractivity (Wildman–Crippen MR) is 177 cm³/mol. The Morgan fingerprint density at radius 1 is 1.11 bits per heavy atom. The van der Waals surface area contributed by atoms with Gasteiger partial charge in [-0.15, -0.1) is 0 Å². The number of allylic oxidation sites excluding steroid dienone is 3. The molecule has 6 atom stereocenters. The molecular weight excluding hydrogens is 588 g/mol. The summed E-state index contributed by atoms with van der Waals surface area (Å²) < 4.78 is 16.5. The smallest absolute Gasteiger partial charge is 0.410 e. The summed E-state index contributed by atoms with van der Waals surface area (Å²) in [7, 11) is 1.38. The number of cyclic esters (lactones) is 1. The van der Waals surface area contributed by atoms with Gasteiger partial charge in [0.25, 0.3) is 0 Å². The predicted octanol–water partition coefficient (Wildman–Crippen LogP) is 5.32. The van der Waals surface area contributed by atoms with E-state index in [1.54, 1.807) is 17.9 Å². The monoisotopic (exact) mass is 646 g/mol. The largest absolute Gasteiger partial charge is 0.469 e. The quantitative estimate of drug-likeness (QED) is 0.118. The van der Waals surface area contributed by atoms with Crippen LogP contribution in [0, 0.1) is 11.8 Å². The van der Waals surface area contributed by atoms with E-state index in [0.29, 0.717) is 32.0 Å². The van der Waals surface area contributed by atoms with Gasteiger partial charge in [0, 0.05) is 44.6 Å². The summed E-state index contributed by atoms with van der Waals surface area (Å²) in [6, 6.07) is 0.591. The first-order valence-electron chi connectivity index (χ1n) is 17.3. The van der Waals surface area contributed by atoms with Crippen LogP contribution in [0.3, 0.4) is 0 Å². The zero-order valence-corrected chi connectivity index (χ0v) is 28.7. The minimum atomic E-state index is -1.46. The van der Waals surface area contributed by atoms with Gasteiger partial charge in [0.2, 0.25) is 0 Å². The van der Waals surface area contributed by atoms with Crippen molar-refractivity contribution in [3.05, 3.63) is 36.0 Å². The number of aliphatic hydroxyl groups excluding tert-OH is 1. The van der Waals surface area contributed by atoms with Gasteiger partial charge in [0.1, 0.15) is 11.7 Å². The molecule has 260 valence electrons. The molecular formula is C36H58N2O8. The number of nitrogens with zero attached hydrogens (tertiary/aromatic N) is 2. The van der Waals surface area contributed by atoms with E-state index in [4.69, 9.17) is 14.2 Å². The Balaban J connectivity index is 1.71. The summed E-state index contributed by atoms with van der Waals surface area (Å²) in [6.45, 7) is 10.2. The number of carbonyl (C=O) groups excluding carboxylic acids is 3. The third kappa shape index (κ3) is 12.2. The Labute approximate surface area is 275 Å². The summed E-state index contributed by atoms with van der Waals surface area (Å²) in [6.07, 6.45) is 14.9. The fourth-order valence-electron chi connectivity index (χ4n) is 6.56. The number of methoxy groups -OCH3 is 1. The van der Waals surface area contributed by atoms with Crippen LogP contribution in [-0.4, -0.2) is 101 Å². The summed E-state index contributed by atoms with van der Waals surface area (Å²) in [5.74, 6) is -0.938. The highest BCUT2D eigenvalue weighted by molar-refractivity contribution is 5.70. The fourth-order valence-corrected chi connectivity index (χ4v) is 6.56. The summed E-state index contributed by atoms with van der Waals surface area (Å²) >= 11 is 0. The maximum atomic E-state index is 13.4. The second-order valence-electron chi connectivity index (χ2n) is 13.8. The molecule has 3 rings (SSSR count). The first-order valence-corrected chi connectivity index (χ1v) is 17.3. The normalized spacial score (nSPS) is 31.2. The van der Waals surface area contributed by atoms with E-state index >= 15 is 0 Å². The van der Waals surface area contributed by atoms with Crippen molar-refractivity contribution in [2.24, 2.45) is 11.8 Å². The van der Waals surface area contributed by atoms with Gasteiger partial charge in [-0.1, -0.05) is 63.8 Å². The van der Waals surface area contributed by atoms with Crippen molar-refractivity contribution in [1.82, 2.24) is 9.80 Å². The lowest BCUT2D eigenvalue weighted by Gasteiger charge is -2.40. The van der Waals surface area contributed by atoms with Crippen LogP contribution in [-0.2, 0) is 23.8 Å². The first kappa shape index (κ1) is 37.8. The second-order valence-corrected chi connectivity index (χ2v) is 13.8. The number of aliphatic hydroxyl groups is 2. The topological polar surface area (TPSA) is 126 Å². The molecule has 1 saturated heterocycles. The number of piperazine rings is 1. The van der Waals surface area contributed by atoms with Gasteiger partial charge in [-0.05, 0) is 63.5 Å². The number of amides is 1. The van der Waals surface area contributed by atoms with E-state index in [0.717, 1.165) is 18.7 Å². The number of esters is 2. The van der Waals surface area contributed by atoms with Gasteiger partial charge >= 0.3 is 18.0 Å². The Kier molecular flexibility index (Phi) is 15.3. The molecule has 1 amide bonds. The number of hydrogen-bond donors (Lipinski definition) is 2. The van der Waals surface area contributed by atoms with E-state index in [1.807, 2.05) is 45.1 Å². The molecule has 0 spiro atoms. The lowest BCUT2D eigenvalue weighted by Crippen LogP contribution is -2.53. The molecule has 2 heterocycles. The van der Waals surface area contributed by atoms with E-state index < -0.39 is 36.0 Å². The molecule has 46 heavy (non-hydrogen) atoms. The number of hydrogen-bond acceptors (Lipinski definition) is 9. The van der Waals surface area contributed by atoms with Crippen LogP contribution < -0.4 is 0 Å². The maximum absolute atomic E-state index is 13.4. The summed E-state index contributed by atoms with van der Waals surface area (Å²) in [5, 5.41) is 22.1. The average molecular weight is 647 g/mol. The Hall–Kier alpha value is -2.69. The van der Waals surface area contributed by atoms with Crippen molar-refractivity contribution in [3.8, 4) is 0 Å². The average Bonchev–Trinajstić information content (AvgIpc) is 3.32. The lowest BCUT2D eigenvalue weighted by atomic mass is 9.88. The molecule has 2 N–H and O–H groups in total. The highest BCUT2D eigenvalue weighted by Crippen LogP contribution is 2.28. The fraction of sp³-hybridized carbons (Fsp3) is 0.750. The van der Waals surface area contributed by atoms with Crippen molar-refractivity contribution >= 4 is 18.0 Å². The van der Waals surface area contributed by atoms with Crippen LogP contribution in [0.25, 0.3) is 0 Å². The van der Waals surface area contributed by atoms with Crippen molar-refractivity contribution in [2.75, 3.05) is 33.3 Å². The molecule has 3 aliphatic rings. The molecule has 0 radical (unpaired) electrons. The summed E-state index contributed by atoms with van der Waals surface area (Å²) in [4.78, 5) is 41.9. The zero-order valence-electron chi connectivity index (χ0n) is 28.7. The van der Waals surface area contributed by atoms with Gasteiger partial charge < -0.3 is 29.3 Å². The van der Waals surface area contributed by atoms with Crippen molar-refractivity contribution in [3.63, 3.8) is 0 Å². The van der Waals surface area contributed by atoms with Crippen LogP contribution >= 0.6 is 0 Å². The third-order valence-corrected chi connectivity index (χ3v) is 9.74. The highest BCUT2D eigenvalue weighted by Gasteiger charge is 2.37. The molecule has 10 nitrogen and oxygen atoms in total. The molecule has 2 aliphatic heterocycles. The number of rotatable bonds is 8. The minimum Gasteiger partial charge on any atom is -0.469 e. The van der Waals surface area contributed by atoms with Gasteiger partial charge in [-0.3, -0.25) is 14.5 Å². The van der Waals surface area contributed by atoms with E-state index in [-0.39, 0.29) is 37.1 Å². The molecule has 2 fully saturated rings. The second kappa shape index (κ2) is 18.6. The number of ether oxygens (including phenoxy) is 3. The first-order chi connectivity index (χ1) is 21.9. The van der Waals surface area contributed by atoms with Crippen LogP contribution in [0.15, 0.2) is 36.0 Å². The van der Waals surface area contributed by atoms with Crippen molar-refractivity contribution in [2.45, 2.75) is 128 Å². The SMILES string of the molecule is COC(=O)CCC(C)/C=C/C=C(\C)[C@H]1OC(=O)C[C@@H](O)CC[C@](C)(O)[C@@H](OC(=O)N2CCN(C3CCCCCC3)CC2)/C=C/[C@@H]1C. The Morgan fingerprint density at radius 2 is 1.78 bits per heavy atom. The molecule has 0 aromatic heterocycles. The molecule has 0 aromatic rings. The zero-order chi connectivity index (χ0) is 33.7. The molecule has 0 aromatic carbocycles. The maximum Gasteiger partial charge on any atom is 0.410 e. The Bertz CT molecular complexity index is 1070. The van der Waals surface area contributed by atoms with Gasteiger partial charge in [0.15, 0.2) is 6.10 Å². The van der Waals surface area contributed by atoms with Crippen LogP contribution in [0.1, 0.15) is 98.3 Å². The standard InChI is InChI=1S/C36H58N2O8/c1-26(15-18-32(40)44-5)11-10-12-27(2)34-28(3)16-17-31(36(4,43)20-19-30(39)25-33(41)46-34)45-35(42)38-23-21-37(22-24-38)29-13-8-6-7-9-14-29/h10-12,16-17,26,28-31,34,39,43H,6-9,13-15,18-25H2,1-5H3/b11-10+,17-16+,27-12+/t26?,28-,30-,31-,34+,36-/m0/s1. The third-order valence-electron chi connectivity index (χ3n) is 9.74. The molecule has 10 heteroatoms. The van der Waals surface area contributed by atoms with Crippen LogP contribution in [0.4, 0.5) is 4.79 Å². The van der Waals surface area contributed by atoms with E-state index in [2.05, 4.69) is 4.90 Å². The van der Waals surface area contributed by atoms with Crippen LogP contribution in [0.2, 0.25) is 0 Å². The van der Waals surface area contributed by atoms with Gasteiger partial charge in [0.05, 0.1) is 19.6 Å².